The van der Waals surface area contributed by atoms with Crippen molar-refractivity contribution in [2.24, 2.45) is 0 Å². The summed E-state index contributed by atoms with van der Waals surface area (Å²) < 4.78 is 46.1. The standard InChI is InChI=1S/C23H27F3N2O4S2/c1-11-12(2)33-16(18(11)21(31)32-22(3,4)5)8-15(29)20(30)28-9-14-13-6-7-27-10-17(13)34-19(14)23(24,25)26/h27H,6-10H2,1-5H3,(H,28,30). The number of halogens is 3. The maximum Gasteiger partial charge on any atom is 0.425 e. The van der Waals surface area contributed by atoms with Gasteiger partial charge in [-0.25, -0.2) is 4.79 Å². The summed E-state index contributed by atoms with van der Waals surface area (Å²) in [6.45, 7) is 9.24. The van der Waals surface area contributed by atoms with Gasteiger partial charge in [0.15, 0.2) is 0 Å². The van der Waals surface area contributed by atoms with Crippen LogP contribution in [0.25, 0.3) is 0 Å². The number of hydrogen-bond acceptors (Lipinski definition) is 7. The molecule has 0 radical (unpaired) electrons. The van der Waals surface area contributed by atoms with E-state index in [2.05, 4.69) is 10.6 Å². The van der Waals surface area contributed by atoms with E-state index in [1.807, 2.05) is 0 Å². The van der Waals surface area contributed by atoms with Gasteiger partial charge in [-0.15, -0.1) is 22.7 Å². The zero-order valence-corrected chi connectivity index (χ0v) is 21.3. The lowest BCUT2D eigenvalue weighted by Gasteiger charge is -2.20. The number of Topliss-reactive ketones (excluding diaryl/α,β-unsaturated/α-hetero) is 1. The van der Waals surface area contributed by atoms with Gasteiger partial charge in [0.25, 0.3) is 5.91 Å². The maximum absolute atomic E-state index is 13.6. The smallest absolute Gasteiger partial charge is 0.425 e. The van der Waals surface area contributed by atoms with E-state index < -0.39 is 34.3 Å². The van der Waals surface area contributed by atoms with Crippen molar-refractivity contribution in [2.75, 3.05) is 6.54 Å². The fourth-order valence-electron chi connectivity index (χ4n) is 3.73. The molecular formula is C23H27F3N2O4S2. The van der Waals surface area contributed by atoms with Crippen LogP contribution in [0.2, 0.25) is 0 Å². The van der Waals surface area contributed by atoms with Crippen LogP contribution < -0.4 is 10.6 Å². The third kappa shape index (κ3) is 5.87. The number of rotatable bonds is 6. The van der Waals surface area contributed by atoms with E-state index >= 15 is 0 Å². The molecule has 3 rings (SSSR count). The van der Waals surface area contributed by atoms with Crippen molar-refractivity contribution in [3.8, 4) is 0 Å². The topological polar surface area (TPSA) is 84.5 Å². The molecule has 0 spiro atoms. The molecule has 2 aromatic rings. The Morgan fingerprint density at radius 3 is 2.41 bits per heavy atom. The molecule has 1 aliphatic heterocycles. The molecule has 186 valence electrons. The van der Waals surface area contributed by atoms with Gasteiger partial charge in [0.1, 0.15) is 10.5 Å². The molecule has 0 saturated heterocycles. The van der Waals surface area contributed by atoms with E-state index in [9.17, 15) is 27.6 Å². The van der Waals surface area contributed by atoms with Crippen LogP contribution in [0.15, 0.2) is 0 Å². The minimum absolute atomic E-state index is 0.0207. The van der Waals surface area contributed by atoms with E-state index in [1.165, 1.54) is 11.3 Å². The molecular weight excluding hydrogens is 489 g/mol. The summed E-state index contributed by atoms with van der Waals surface area (Å²) in [4.78, 5) is 38.9. The van der Waals surface area contributed by atoms with Gasteiger partial charge >= 0.3 is 12.1 Å². The zero-order chi connectivity index (χ0) is 25.4. The first-order chi connectivity index (χ1) is 15.7. The Hall–Kier alpha value is -2.24. The Labute approximate surface area is 203 Å². The van der Waals surface area contributed by atoms with Crippen LogP contribution >= 0.6 is 22.7 Å². The van der Waals surface area contributed by atoms with E-state index in [4.69, 9.17) is 4.74 Å². The van der Waals surface area contributed by atoms with Crippen molar-refractivity contribution in [3.05, 3.63) is 41.8 Å². The number of esters is 1. The van der Waals surface area contributed by atoms with Crippen LogP contribution in [0, 0.1) is 13.8 Å². The third-order valence-electron chi connectivity index (χ3n) is 5.36. The summed E-state index contributed by atoms with van der Waals surface area (Å²) in [5, 5.41) is 5.41. The van der Waals surface area contributed by atoms with Gasteiger partial charge in [-0.2, -0.15) is 13.2 Å². The summed E-state index contributed by atoms with van der Waals surface area (Å²) >= 11 is 1.90. The largest absolute Gasteiger partial charge is 0.456 e. The molecule has 0 atom stereocenters. The number of amides is 1. The SMILES string of the molecule is Cc1sc(CC(=O)C(=O)NCc2c(C(F)(F)F)sc3c2CCNC3)c(C(=O)OC(C)(C)C)c1C. The predicted molar refractivity (Wildman–Crippen MR) is 124 cm³/mol. The first-order valence-electron chi connectivity index (χ1n) is 10.7. The highest BCUT2D eigenvalue weighted by Crippen LogP contribution is 2.41. The zero-order valence-electron chi connectivity index (χ0n) is 19.6. The molecule has 34 heavy (non-hydrogen) atoms. The van der Waals surface area contributed by atoms with Crippen LogP contribution in [-0.4, -0.2) is 29.8 Å². The number of nitrogens with one attached hydrogen (secondary N) is 2. The number of thiophene rings is 2. The van der Waals surface area contributed by atoms with Crippen molar-refractivity contribution in [3.63, 3.8) is 0 Å². The fourth-order valence-corrected chi connectivity index (χ4v) is 6.10. The number of hydrogen-bond donors (Lipinski definition) is 2. The molecule has 2 aromatic heterocycles. The Morgan fingerprint density at radius 2 is 1.79 bits per heavy atom. The summed E-state index contributed by atoms with van der Waals surface area (Å²) in [7, 11) is 0. The van der Waals surface area contributed by atoms with Gasteiger partial charge in [0.2, 0.25) is 5.78 Å². The van der Waals surface area contributed by atoms with Gasteiger partial charge in [-0.05, 0) is 64.3 Å². The second kappa shape index (κ2) is 9.79. The lowest BCUT2D eigenvalue weighted by molar-refractivity contribution is -0.138. The quantitative estimate of drug-likeness (QED) is 0.437. The van der Waals surface area contributed by atoms with Gasteiger partial charge in [0.05, 0.1) is 12.0 Å². The third-order valence-corrected chi connectivity index (χ3v) is 7.88. The second-order valence-corrected chi connectivity index (χ2v) is 11.5. The molecule has 0 unspecified atom stereocenters. The molecule has 0 aliphatic carbocycles. The average Bonchev–Trinajstić information content (AvgIpc) is 3.22. The molecule has 0 saturated carbocycles. The normalized spacial score (nSPS) is 14.0. The molecule has 0 aromatic carbocycles. The second-order valence-electron chi connectivity index (χ2n) is 9.10. The van der Waals surface area contributed by atoms with Crippen molar-refractivity contribution >= 4 is 40.3 Å². The predicted octanol–water partition coefficient (Wildman–Crippen LogP) is 4.47. The number of carbonyl (C=O) groups is 3. The number of ketones is 1. The maximum atomic E-state index is 13.6. The molecule has 1 aliphatic rings. The molecule has 11 heteroatoms. The Bertz CT molecular complexity index is 1130. The van der Waals surface area contributed by atoms with Crippen LogP contribution in [0.5, 0.6) is 0 Å². The lowest BCUT2D eigenvalue weighted by atomic mass is 10.0. The van der Waals surface area contributed by atoms with E-state index in [0.717, 1.165) is 4.88 Å². The fraction of sp³-hybridized carbons (Fsp3) is 0.522. The highest BCUT2D eigenvalue weighted by Gasteiger charge is 2.38. The average molecular weight is 517 g/mol. The summed E-state index contributed by atoms with van der Waals surface area (Å²) in [5.41, 5.74) is 0.810. The van der Waals surface area contributed by atoms with Crippen molar-refractivity contribution in [1.29, 1.82) is 0 Å². The number of ether oxygens (including phenoxy) is 1. The highest BCUT2D eigenvalue weighted by atomic mass is 32.1. The van der Waals surface area contributed by atoms with E-state index in [0.29, 0.717) is 51.7 Å². The molecule has 2 N–H and O–H groups in total. The summed E-state index contributed by atoms with van der Waals surface area (Å²) in [5.74, 6) is -2.39. The Morgan fingerprint density at radius 1 is 1.12 bits per heavy atom. The monoisotopic (exact) mass is 516 g/mol. The Balaban J connectivity index is 1.75. The number of aryl methyl sites for hydroxylation is 1. The van der Waals surface area contributed by atoms with Gasteiger partial charge in [-0.1, -0.05) is 0 Å². The van der Waals surface area contributed by atoms with E-state index in [1.54, 1.807) is 34.6 Å². The molecule has 0 bridgehead atoms. The first-order valence-corrected chi connectivity index (χ1v) is 12.4. The molecule has 1 amide bonds. The number of fused-ring (bicyclic) bond motifs is 1. The van der Waals surface area contributed by atoms with Gasteiger partial charge in [-0.3, -0.25) is 9.59 Å². The minimum Gasteiger partial charge on any atom is -0.456 e. The van der Waals surface area contributed by atoms with Crippen LogP contribution in [0.4, 0.5) is 13.2 Å². The van der Waals surface area contributed by atoms with E-state index in [-0.39, 0.29) is 24.1 Å². The lowest BCUT2D eigenvalue weighted by Crippen LogP contribution is -2.33. The number of alkyl halides is 3. The van der Waals surface area contributed by atoms with Crippen LogP contribution in [-0.2, 0) is 46.4 Å². The van der Waals surface area contributed by atoms with Gasteiger partial charge in [0, 0.05) is 27.7 Å². The molecule has 6 nitrogen and oxygen atoms in total. The van der Waals surface area contributed by atoms with Crippen LogP contribution in [0.1, 0.15) is 67.3 Å². The van der Waals surface area contributed by atoms with Gasteiger partial charge < -0.3 is 15.4 Å². The van der Waals surface area contributed by atoms with Crippen molar-refractivity contribution < 1.29 is 32.3 Å². The Kier molecular flexibility index (Phi) is 7.59. The van der Waals surface area contributed by atoms with Crippen LogP contribution in [0.3, 0.4) is 0 Å². The van der Waals surface area contributed by atoms with Crippen molar-refractivity contribution in [2.45, 2.75) is 72.3 Å². The molecule has 0 fully saturated rings. The minimum atomic E-state index is -4.54. The number of carbonyl (C=O) groups excluding carboxylic acids is 3. The first kappa shape index (κ1) is 26.4. The molecule has 3 heterocycles. The summed E-state index contributed by atoms with van der Waals surface area (Å²) in [6.07, 6.45) is -4.45. The summed E-state index contributed by atoms with van der Waals surface area (Å²) in [6, 6.07) is 0. The highest BCUT2D eigenvalue weighted by molar-refractivity contribution is 7.12. The van der Waals surface area contributed by atoms with Crippen molar-refractivity contribution in [1.82, 2.24) is 10.6 Å².